The van der Waals surface area contributed by atoms with Gasteiger partial charge in [-0.2, -0.15) is 0 Å². The minimum atomic E-state index is -0.324. The van der Waals surface area contributed by atoms with Crippen molar-refractivity contribution in [2.75, 3.05) is 0 Å². The maximum Gasteiger partial charge on any atom is 0.313 e. The van der Waals surface area contributed by atoms with Gasteiger partial charge in [-0.05, 0) is 44.9 Å². The molecule has 0 spiro atoms. The van der Waals surface area contributed by atoms with E-state index < -0.39 is 0 Å². The van der Waals surface area contributed by atoms with Gasteiger partial charge < -0.3 is 9.84 Å². The zero-order valence-corrected chi connectivity index (χ0v) is 17.7. The zero-order chi connectivity index (χ0) is 19.7. The summed E-state index contributed by atoms with van der Waals surface area (Å²) in [4.78, 5) is 11.2. The van der Waals surface area contributed by atoms with Crippen molar-refractivity contribution >= 4 is 5.97 Å². The summed E-state index contributed by atoms with van der Waals surface area (Å²) in [5.41, 5.74) is 0. The molecule has 0 radical (unpaired) electrons. The van der Waals surface area contributed by atoms with E-state index in [2.05, 4.69) is 31.2 Å². The van der Waals surface area contributed by atoms with E-state index >= 15 is 0 Å². The van der Waals surface area contributed by atoms with Gasteiger partial charge in [-0.15, -0.1) is 0 Å². The SMILES string of the molecule is CCCCC/C=C\C/C=C\CCCCCCCC(O)C[C@H]1OC(=O)[C@H]1CC. The van der Waals surface area contributed by atoms with Crippen LogP contribution in [0.5, 0.6) is 0 Å². The van der Waals surface area contributed by atoms with Crippen molar-refractivity contribution in [3.63, 3.8) is 0 Å². The van der Waals surface area contributed by atoms with Gasteiger partial charge in [0.1, 0.15) is 6.10 Å². The maximum absolute atomic E-state index is 11.2. The third-order valence-electron chi connectivity index (χ3n) is 5.45. The Bertz CT molecular complexity index is 427. The molecule has 0 bridgehead atoms. The largest absolute Gasteiger partial charge is 0.461 e. The van der Waals surface area contributed by atoms with Crippen LogP contribution in [0.15, 0.2) is 24.3 Å². The summed E-state index contributed by atoms with van der Waals surface area (Å²) in [7, 11) is 0. The molecular formula is C24H42O3. The maximum atomic E-state index is 11.2. The van der Waals surface area contributed by atoms with Crippen LogP contribution in [-0.4, -0.2) is 23.3 Å². The van der Waals surface area contributed by atoms with E-state index in [1.54, 1.807) is 0 Å². The number of unbranched alkanes of at least 4 members (excludes halogenated alkanes) is 8. The molecule has 1 unspecified atom stereocenters. The number of carbonyl (C=O) groups is 1. The van der Waals surface area contributed by atoms with E-state index in [1.165, 1.54) is 57.8 Å². The van der Waals surface area contributed by atoms with Crippen LogP contribution in [0.25, 0.3) is 0 Å². The van der Waals surface area contributed by atoms with Crippen LogP contribution in [-0.2, 0) is 9.53 Å². The highest BCUT2D eigenvalue weighted by molar-refractivity contribution is 5.78. The summed E-state index contributed by atoms with van der Waals surface area (Å²) in [6, 6.07) is 0. The van der Waals surface area contributed by atoms with Crippen molar-refractivity contribution in [2.45, 2.75) is 116 Å². The van der Waals surface area contributed by atoms with Gasteiger partial charge in [-0.3, -0.25) is 4.79 Å². The summed E-state index contributed by atoms with van der Waals surface area (Å²) in [6.45, 7) is 4.25. The van der Waals surface area contributed by atoms with Crippen molar-refractivity contribution in [3.8, 4) is 0 Å². The normalized spacial score (nSPS) is 20.9. The van der Waals surface area contributed by atoms with E-state index in [0.29, 0.717) is 6.42 Å². The highest BCUT2D eigenvalue weighted by Crippen LogP contribution is 2.29. The molecular weight excluding hydrogens is 336 g/mol. The lowest BCUT2D eigenvalue weighted by Gasteiger charge is -2.35. The molecule has 0 aromatic heterocycles. The molecule has 0 aliphatic carbocycles. The smallest absolute Gasteiger partial charge is 0.313 e. The van der Waals surface area contributed by atoms with Gasteiger partial charge in [0.15, 0.2) is 0 Å². The number of carbonyl (C=O) groups excluding carboxylic acids is 1. The topological polar surface area (TPSA) is 46.5 Å². The molecule has 1 N–H and O–H groups in total. The average molecular weight is 379 g/mol. The number of ether oxygens (including phenoxy) is 1. The van der Waals surface area contributed by atoms with Gasteiger partial charge in [0.25, 0.3) is 0 Å². The van der Waals surface area contributed by atoms with Gasteiger partial charge in [-0.25, -0.2) is 0 Å². The number of esters is 1. The lowest BCUT2D eigenvalue weighted by Crippen LogP contribution is -2.46. The number of hydrogen-bond acceptors (Lipinski definition) is 3. The fraction of sp³-hybridized carbons (Fsp3) is 0.792. The van der Waals surface area contributed by atoms with Gasteiger partial charge in [0.2, 0.25) is 0 Å². The molecule has 156 valence electrons. The Morgan fingerprint density at radius 3 is 2.19 bits per heavy atom. The Morgan fingerprint density at radius 1 is 0.926 bits per heavy atom. The minimum absolute atomic E-state index is 0.0178. The van der Waals surface area contributed by atoms with Crippen LogP contribution in [0.2, 0.25) is 0 Å². The molecule has 0 aromatic carbocycles. The van der Waals surface area contributed by atoms with Crippen molar-refractivity contribution in [1.82, 2.24) is 0 Å². The van der Waals surface area contributed by atoms with E-state index in [4.69, 9.17) is 4.74 Å². The number of rotatable bonds is 17. The van der Waals surface area contributed by atoms with Crippen LogP contribution in [0.4, 0.5) is 0 Å². The third-order valence-corrected chi connectivity index (χ3v) is 5.45. The van der Waals surface area contributed by atoms with Gasteiger partial charge in [0.05, 0.1) is 12.0 Å². The van der Waals surface area contributed by atoms with Crippen molar-refractivity contribution in [2.24, 2.45) is 5.92 Å². The number of cyclic esters (lactones) is 1. The Kier molecular flexibility index (Phi) is 14.1. The van der Waals surface area contributed by atoms with Gasteiger partial charge in [0, 0.05) is 6.42 Å². The molecule has 1 saturated heterocycles. The Hall–Kier alpha value is -1.09. The zero-order valence-electron chi connectivity index (χ0n) is 17.7. The second-order valence-electron chi connectivity index (χ2n) is 7.90. The molecule has 1 aliphatic rings. The first-order valence-corrected chi connectivity index (χ1v) is 11.4. The first-order chi connectivity index (χ1) is 13.2. The number of allylic oxidation sites excluding steroid dienone is 4. The third kappa shape index (κ3) is 11.4. The standard InChI is InChI=1S/C24H42O3/c1-3-5-6-7-8-9-10-11-12-13-14-15-16-17-18-19-21(25)20-23-22(4-2)24(26)27-23/h8-9,11-12,21-23,25H,3-7,10,13-20H2,1-2H3/b9-8-,12-11-/t21?,22-,23+/m0/s1. The molecule has 3 atom stereocenters. The highest BCUT2D eigenvalue weighted by atomic mass is 16.6. The number of aliphatic hydroxyl groups is 1. The molecule has 3 heteroatoms. The van der Waals surface area contributed by atoms with Crippen LogP contribution >= 0.6 is 0 Å². The van der Waals surface area contributed by atoms with Crippen molar-refractivity contribution in [1.29, 1.82) is 0 Å². The molecule has 1 rings (SSSR count). The number of aliphatic hydroxyl groups excluding tert-OH is 1. The van der Waals surface area contributed by atoms with Crippen LogP contribution < -0.4 is 0 Å². The second-order valence-corrected chi connectivity index (χ2v) is 7.90. The lowest BCUT2D eigenvalue weighted by molar-refractivity contribution is -0.188. The molecule has 0 aromatic rings. The molecule has 3 nitrogen and oxygen atoms in total. The predicted octanol–water partition coefficient (Wildman–Crippen LogP) is 6.50. The quantitative estimate of drug-likeness (QED) is 0.178. The van der Waals surface area contributed by atoms with E-state index in [9.17, 15) is 9.90 Å². The molecule has 0 saturated carbocycles. The monoisotopic (exact) mass is 378 g/mol. The summed E-state index contributed by atoms with van der Waals surface area (Å²) < 4.78 is 5.13. The fourth-order valence-corrected chi connectivity index (χ4v) is 3.62. The summed E-state index contributed by atoms with van der Waals surface area (Å²) in [6.07, 6.45) is 24.5. The van der Waals surface area contributed by atoms with Gasteiger partial charge >= 0.3 is 5.97 Å². The van der Waals surface area contributed by atoms with Gasteiger partial charge in [-0.1, -0.05) is 76.7 Å². The molecule has 1 heterocycles. The van der Waals surface area contributed by atoms with Crippen molar-refractivity contribution < 1.29 is 14.6 Å². The minimum Gasteiger partial charge on any atom is -0.461 e. The number of hydrogen-bond donors (Lipinski definition) is 1. The van der Waals surface area contributed by atoms with Crippen molar-refractivity contribution in [3.05, 3.63) is 24.3 Å². The highest BCUT2D eigenvalue weighted by Gasteiger charge is 2.41. The average Bonchev–Trinajstić information content (AvgIpc) is 2.64. The Balaban J connectivity index is 1.86. The Morgan fingerprint density at radius 2 is 1.56 bits per heavy atom. The predicted molar refractivity (Wildman–Crippen MR) is 114 cm³/mol. The first-order valence-electron chi connectivity index (χ1n) is 11.4. The first kappa shape index (κ1) is 23.9. The fourth-order valence-electron chi connectivity index (χ4n) is 3.62. The van der Waals surface area contributed by atoms with Crippen LogP contribution in [0, 0.1) is 5.92 Å². The molecule has 1 fully saturated rings. The van der Waals surface area contributed by atoms with Crippen LogP contribution in [0.1, 0.15) is 104 Å². The molecule has 1 aliphatic heterocycles. The van der Waals surface area contributed by atoms with E-state index in [0.717, 1.165) is 25.7 Å². The van der Waals surface area contributed by atoms with E-state index in [-0.39, 0.29) is 24.1 Å². The lowest BCUT2D eigenvalue weighted by atomic mass is 9.89. The summed E-state index contributed by atoms with van der Waals surface area (Å²) in [5.74, 6) is -0.0731. The molecule has 0 amide bonds. The molecule has 27 heavy (non-hydrogen) atoms. The van der Waals surface area contributed by atoms with E-state index in [1.807, 2.05) is 6.92 Å². The summed E-state index contributed by atoms with van der Waals surface area (Å²) in [5, 5.41) is 10.1. The van der Waals surface area contributed by atoms with Crippen LogP contribution in [0.3, 0.4) is 0 Å². The Labute approximate surface area is 167 Å². The summed E-state index contributed by atoms with van der Waals surface area (Å²) >= 11 is 0. The second kappa shape index (κ2) is 15.9.